The van der Waals surface area contributed by atoms with Gasteiger partial charge >= 0.3 is 5.97 Å². The summed E-state index contributed by atoms with van der Waals surface area (Å²) in [6, 6.07) is 18.7. The number of benzene rings is 2. The molecule has 7 nitrogen and oxygen atoms in total. The van der Waals surface area contributed by atoms with E-state index in [0.717, 1.165) is 46.5 Å². The van der Waals surface area contributed by atoms with E-state index in [9.17, 15) is 9.59 Å². The number of hydrogen-bond acceptors (Lipinski definition) is 6. The molecule has 1 N–H and O–H groups in total. The summed E-state index contributed by atoms with van der Waals surface area (Å²) in [6.45, 7) is -0.380. The number of pyridine rings is 1. The molecular weight excluding hydrogens is 454 g/mol. The number of aromatic nitrogens is 1. The number of amides is 1. The van der Waals surface area contributed by atoms with Gasteiger partial charge in [-0.2, -0.15) is 0 Å². The van der Waals surface area contributed by atoms with Crippen LogP contribution in [0.1, 0.15) is 40.2 Å². The normalized spacial score (nSPS) is 13.9. The number of allylic oxidation sites excluding steroid dienone is 1. The van der Waals surface area contributed by atoms with Gasteiger partial charge in [-0.25, -0.2) is 9.78 Å². The Kier molecular flexibility index (Phi) is 6.54. The average Bonchev–Trinajstić information content (AvgIpc) is 3.40. The highest BCUT2D eigenvalue weighted by Crippen LogP contribution is 2.36. The first kappa shape index (κ1) is 23.4. The van der Waals surface area contributed by atoms with E-state index >= 15 is 0 Å². The molecule has 0 fully saturated rings. The number of furan rings is 1. The van der Waals surface area contributed by atoms with Crippen molar-refractivity contribution < 1.29 is 18.7 Å². The van der Waals surface area contributed by atoms with Crippen LogP contribution in [-0.2, 0) is 16.0 Å². The van der Waals surface area contributed by atoms with E-state index in [4.69, 9.17) is 14.1 Å². The van der Waals surface area contributed by atoms with Gasteiger partial charge in [0.15, 0.2) is 6.61 Å². The Hall–Kier alpha value is -4.39. The van der Waals surface area contributed by atoms with E-state index in [-0.39, 0.29) is 6.61 Å². The lowest BCUT2D eigenvalue weighted by molar-refractivity contribution is -0.119. The summed E-state index contributed by atoms with van der Waals surface area (Å²) in [5.41, 5.74) is 5.50. The summed E-state index contributed by atoms with van der Waals surface area (Å²) in [4.78, 5) is 32.7. The first-order chi connectivity index (χ1) is 17.5. The summed E-state index contributed by atoms with van der Waals surface area (Å²) in [6.07, 6.45) is 6.03. The molecule has 2 heterocycles. The van der Waals surface area contributed by atoms with Crippen LogP contribution in [0.25, 0.3) is 22.6 Å². The summed E-state index contributed by atoms with van der Waals surface area (Å²) < 4.78 is 11.0. The quantitative estimate of drug-likeness (QED) is 0.363. The molecule has 36 heavy (non-hydrogen) atoms. The number of nitrogens with zero attached hydrogens (tertiary/aromatic N) is 2. The van der Waals surface area contributed by atoms with Crippen molar-refractivity contribution in [3.8, 4) is 0 Å². The molecule has 0 radical (unpaired) electrons. The second-order valence-electron chi connectivity index (χ2n) is 8.94. The van der Waals surface area contributed by atoms with Crippen molar-refractivity contribution in [2.45, 2.75) is 19.3 Å². The molecule has 1 aliphatic rings. The van der Waals surface area contributed by atoms with Crippen LogP contribution >= 0.6 is 0 Å². The lowest BCUT2D eigenvalue weighted by Gasteiger charge is -2.22. The number of ether oxygens (including phenoxy) is 1. The molecule has 0 spiro atoms. The smallest absolute Gasteiger partial charge is 0.339 e. The molecular formula is C29H27N3O4. The van der Waals surface area contributed by atoms with E-state index in [2.05, 4.69) is 5.32 Å². The molecule has 0 aliphatic heterocycles. The van der Waals surface area contributed by atoms with Crippen molar-refractivity contribution >= 4 is 45.8 Å². The Morgan fingerprint density at radius 2 is 1.86 bits per heavy atom. The number of esters is 1. The molecule has 182 valence electrons. The van der Waals surface area contributed by atoms with E-state index in [1.165, 1.54) is 0 Å². The number of anilines is 2. The minimum atomic E-state index is -0.526. The van der Waals surface area contributed by atoms with Crippen molar-refractivity contribution in [2.24, 2.45) is 0 Å². The number of hydrogen-bond donors (Lipinski definition) is 1. The molecule has 5 rings (SSSR count). The van der Waals surface area contributed by atoms with Crippen molar-refractivity contribution in [1.82, 2.24) is 4.98 Å². The number of para-hydroxylation sites is 1. The monoisotopic (exact) mass is 481 g/mol. The summed E-state index contributed by atoms with van der Waals surface area (Å²) in [7, 11) is 3.90. The first-order valence-electron chi connectivity index (χ1n) is 11.9. The maximum Gasteiger partial charge on any atom is 0.339 e. The summed E-state index contributed by atoms with van der Waals surface area (Å²) >= 11 is 0. The van der Waals surface area contributed by atoms with Gasteiger partial charge in [-0.05, 0) is 78.9 Å². The molecule has 0 saturated heterocycles. The summed E-state index contributed by atoms with van der Waals surface area (Å²) in [5, 5.41) is 3.50. The van der Waals surface area contributed by atoms with Gasteiger partial charge < -0.3 is 19.4 Å². The fourth-order valence-electron chi connectivity index (χ4n) is 4.50. The minimum Gasteiger partial charge on any atom is -0.465 e. The molecule has 0 unspecified atom stereocenters. The van der Waals surface area contributed by atoms with E-state index < -0.39 is 11.9 Å². The fraction of sp³-hybridized carbons (Fsp3) is 0.207. The molecule has 2 aromatic heterocycles. The SMILES string of the molecule is CN(C)c1ccc(NC(=O)COC(=O)c2c3c(nc4ccccc24)C(=Cc2ccco2)CCC3)cc1. The van der Waals surface area contributed by atoms with Crippen molar-refractivity contribution in [2.75, 3.05) is 30.9 Å². The van der Waals surface area contributed by atoms with Crippen molar-refractivity contribution in [3.05, 3.63) is 89.5 Å². The van der Waals surface area contributed by atoms with Gasteiger partial charge in [-0.3, -0.25) is 4.79 Å². The number of carbonyl (C=O) groups excluding carboxylic acids is 2. The first-order valence-corrected chi connectivity index (χ1v) is 11.9. The lowest BCUT2D eigenvalue weighted by Crippen LogP contribution is -2.22. The zero-order valence-electron chi connectivity index (χ0n) is 20.3. The average molecular weight is 482 g/mol. The zero-order valence-corrected chi connectivity index (χ0v) is 20.3. The van der Waals surface area contributed by atoms with Gasteiger partial charge in [0.25, 0.3) is 5.91 Å². The Bertz CT molecular complexity index is 1440. The Morgan fingerprint density at radius 3 is 2.61 bits per heavy atom. The van der Waals surface area contributed by atoms with Crippen LogP contribution in [-0.4, -0.2) is 37.6 Å². The maximum absolute atomic E-state index is 13.4. The topological polar surface area (TPSA) is 84.7 Å². The third kappa shape index (κ3) is 4.86. The third-order valence-electron chi connectivity index (χ3n) is 6.24. The zero-order chi connectivity index (χ0) is 25.1. The molecule has 4 aromatic rings. The number of nitrogens with one attached hydrogen (secondary N) is 1. The predicted octanol–water partition coefficient (Wildman–Crippen LogP) is 5.57. The van der Waals surface area contributed by atoms with Crippen LogP contribution in [0.2, 0.25) is 0 Å². The van der Waals surface area contributed by atoms with Gasteiger partial charge in [0, 0.05) is 30.9 Å². The molecule has 2 aromatic carbocycles. The second kappa shape index (κ2) is 10.1. The Morgan fingerprint density at radius 1 is 1.06 bits per heavy atom. The number of rotatable bonds is 6. The summed E-state index contributed by atoms with van der Waals surface area (Å²) in [5.74, 6) is -0.180. The highest BCUT2D eigenvalue weighted by atomic mass is 16.5. The van der Waals surface area contributed by atoms with E-state index in [0.29, 0.717) is 23.2 Å². The highest BCUT2D eigenvalue weighted by molar-refractivity contribution is 6.07. The Labute approximate surface area is 209 Å². The van der Waals surface area contributed by atoms with E-state index in [1.807, 2.05) is 85.7 Å². The van der Waals surface area contributed by atoms with Gasteiger partial charge in [-0.1, -0.05) is 18.2 Å². The van der Waals surface area contributed by atoms with Crippen LogP contribution < -0.4 is 10.2 Å². The molecule has 1 aliphatic carbocycles. The van der Waals surface area contributed by atoms with Crippen molar-refractivity contribution in [3.63, 3.8) is 0 Å². The van der Waals surface area contributed by atoms with Crippen LogP contribution in [0.15, 0.2) is 71.3 Å². The number of fused-ring (bicyclic) bond motifs is 2. The van der Waals surface area contributed by atoms with Gasteiger partial charge in [0.2, 0.25) is 0 Å². The predicted molar refractivity (Wildman–Crippen MR) is 141 cm³/mol. The molecule has 0 atom stereocenters. The lowest BCUT2D eigenvalue weighted by atomic mass is 9.86. The fourth-order valence-corrected chi connectivity index (χ4v) is 4.50. The molecule has 1 amide bonds. The largest absolute Gasteiger partial charge is 0.465 e. The minimum absolute atomic E-state index is 0.380. The van der Waals surface area contributed by atoms with Crippen LogP contribution in [0.4, 0.5) is 11.4 Å². The standard InChI is InChI=1S/C29H27N3O4/c1-32(2)21-14-12-20(13-15-21)30-26(33)18-36-29(34)27-23-9-3-4-11-25(23)31-28-19(7-5-10-24(27)28)17-22-8-6-16-35-22/h3-4,6,8-9,11-17H,5,7,10,18H2,1-2H3,(H,30,33). The second-order valence-corrected chi connectivity index (χ2v) is 8.94. The van der Waals surface area contributed by atoms with Gasteiger partial charge in [0.1, 0.15) is 5.76 Å². The van der Waals surface area contributed by atoms with Gasteiger partial charge in [-0.15, -0.1) is 0 Å². The van der Waals surface area contributed by atoms with E-state index in [1.54, 1.807) is 6.26 Å². The molecule has 0 saturated carbocycles. The van der Waals surface area contributed by atoms with Crippen LogP contribution in [0, 0.1) is 0 Å². The molecule has 7 heteroatoms. The van der Waals surface area contributed by atoms with Crippen LogP contribution in [0.5, 0.6) is 0 Å². The highest BCUT2D eigenvalue weighted by Gasteiger charge is 2.26. The van der Waals surface area contributed by atoms with Crippen LogP contribution in [0.3, 0.4) is 0 Å². The Balaban J connectivity index is 1.40. The number of carbonyl (C=O) groups is 2. The third-order valence-corrected chi connectivity index (χ3v) is 6.24. The maximum atomic E-state index is 13.4. The van der Waals surface area contributed by atoms with Crippen molar-refractivity contribution in [1.29, 1.82) is 0 Å². The molecule has 0 bridgehead atoms. The van der Waals surface area contributed by atoms with Gasteiger partial charge in [0.05, 0.1) is 23.0 Å².